The van der Waals surface area contributed by atoms with E-state index in [9.17, 15) is 4.79 Å². The Kier molecular flexibility index (Phi) is 3.11. The lowest BCUT2D eigenvalue weighted by atomic mass is 10.5. The highest BCUT2D eigenvalue weighted by Gasteiger charge is 2.04. The second-order valence-electron chi connectivity index (χ2n) is 2.99. The zero-order valence-electron chi connectivity index (χ0n) is 8.17. The van der Waals surface area contributed by atoms with E-state index in [2.05, 4.69) is 20.6 Å². The molecule has 1 amide bonds. The van der Waals surface area contributed by atoms with Gasteiger partial charge in [-0.2, -0.15) is 5.10 Å². The number of hydrogen-bond acceptors (Lipinski definition) is 4. The quantitative estimate of drug-likeness (QED) is 0.863. The summed E-state index contributed by atoms with van der Waals surface area (Å²) < 4.78 is 1.51. The number of rotatable bonds is 3. The first-order valence-electron chi connectivity index (χ1n) is 4.50. The number of carbonyl (C=O) groups is 1. The molecular formula is C9H8ClN5O. The molecule has 0 aromatic carbocycles. The highest BCUT2D eigenvalue weighted by atomic mass is 35.5. The molecule has 2 heterocycles. The molecule has 7 heteroatoms. The summed E-state index contributed by atoms with van der Waals surface area (Å²) in [5, 5.41) is 14.1. The van der Waals surface area contributed by atoms with Crippen LogP contribution in [0.5, 0.6) is 0 Å². The van der Waals surface area contributed by atoms with Gasteiger partial charge in [0.25, 0.3) is 0 Å². The minimum absolute atomic E-state index is 0.136. The van der Waals surface area contributed by atoms with Crippen molar-refractivity contribution in [3.63, 3.8) is 0 Å². The van der Waals surface area contributed by atoms with Crippen molar-refractivity contribution < 1.29 is 4.79 Å². The van der Waals surface area contributed by atoms with E-state index in [1.807, 2.05) is 0 Å². The van der Waals surface area contributed by atoms with Crippen LogP contribution in [-0.4, -0.2) is 25.9 Å². The lowest BCUT2D eigenvalue weighted by molar-refractivity contribution is -0.116. The van der Waals surface area contributed by atoms with E-state index >= 15 is 0 Å². The molecule has 0 saturated carbocycles. The number of amides is 1. The maximum atomic E-state index is 11.5. The van der Waals surface area contributed by atoms with Crippen LogP contribution in [0.15, 0.2) is 30.6 Å². The molecule has 0 bridgehead atoms. The van der Waals surface area contributed by atoms with Gasteiger partial charge in [0.1, 0.15) is 6.54 Å². The molecule has 2 aromatic rings. The molecule has 0 spiro atoms. The van der Waals surface area contributed by atoms with Gasteiger partial charge >= 0.3 is 0 Å². The highest BCUT2D eigenvalue weighted by Crippen LogP contribution is 2.05. The van der Waals surface area contributed by atoms with Crippen LogP contribution in [0.3, 0.4) is 0 Å². The summed E-state index contributed by atoms with van der Waals surface area (Å²) in [4.78, 5) is 11.5. The fourth-order valence-corrected chi connectivity index (χ4v) is 1.21. The first kappa shape index (κ1) is 10.6. The molecule has 0 atom stereocenters. The summed E-state index contributed by atoms with van der Waals surface area (Å²) in [7, 11) is 0. The van der Waals surface area contributed by atoms with Gasteiger partial charge in [-0.15, -0.1) is 10.2 Å². The number of aromatic nitrogens is 4. The number of nitrogens with zero attached hydrogens (tertiary/aromatic N) is 4. The van der Waals surface area contributed by atoms with Crippen LogP contribution >= 0.6 is 11.6 Å². The Morgan fingerprint density at radius 2 is 2.31 bits per heavy atom. The topological polar surface area (TPSA) is 72.7 Å². The molecule has 0 aliphatic heterocycles. The van der Waals surface area contributed by atoms with Crippen molar-refractivity contribution in [2.75, 3.05) is 5.32 Å². The molecule has 82 valence electrons. The van der Waals surface area contributed by atoms with Crippen molar-refractivity contribution in [3.8, 4) is 0 Å². The molecule has 0 saturated heterocycles. The lowest BCUT2D eigenvalue weighted by Gasteiger charge is -2.03. The van der Waals surface area contributed by atoms with Crippen molar-refractivity contribution in [2.45, 2.75) is 6.54 Å². The van der Waals surface area contributed by atoms with E-state index in [1.165, 1.54) is 4.68 Å². The number of hydrogen-bond donors (Lipinski definition) is 1. The van der Waals surface area contributed by atoms with Crippen molar-refractivity contribution in [1.29, 1.82) is 0 Å². The maximum absolute atomic E-state index is 11.5. The number of carbonyl (C=O) groups excluding carboxylic acids is 1. The smallest absolute Gasteiger partial charge is 0.247 e. The van der Waals surface area contributed by atoms with Crippen LogP contribution < -0.4 is 5.32 Å². The van der Waals surface area contributed by atoms with Gasteiger partial charge in [-0.1, -0.05) is 11.6 Å². The molecule has 16 heavy (non-hydrogen) atoms. The van der Waals surface area contributed by atoms with Gasteiger partial charge in [-0.3, -0.25) is 9.48 Å². The van der Waals surface area contributed by atoms with Gasteiger partial charge in [0, 0.05) is 12.4 Å². The molecule has 2 rings (SSSR count). The van der Waals surface area contributed by atoms with Gasteiger partial charge in [0.05, 0.1) is 0 Å². The Bertz CT molecular complexity index is 467. The van der Waals surface area contributed by atoms with Gasteiger partial charge in [-0.05, 0) is 18.2 Å². The summed E-state index contributed by atoms with van der Waals surface area (Å²) in [6.07, 6.45) is 3.31. The Morgan fingerprint density at radius 1 is 1.44 bits per heavy atom. The highest BCUT2D eigenvalue weighted by molar-refractivity contribution is 6.29. The average molecular weight is 238 g/mol. The van der Waals surface area contributed by atoms with Crippen LogP contribution in [-0.2, 0) is 11.3 Å². The van der Waals surface area contributed by atoms with E-state index in [-0.39, 0.29) is 17.6 Å². The second-order valence-corrected chi connectivity index (χ2v) is 3.38. The average Bonchev–Trinajstić information content (AvgIpc) is 2.74. The number of halogens is 1. The van der Waals surface area contributed by atoms with E-state index < -0.39 is 0 Å². The number of anilines is 1. The van der Waals surface area contributed by atoms with Crippen molar-refractivity contribution in [2.24, 2.45) is 0 Å². The summed E-state index contributed by atoms with van der Waals surface area (Å²) in [5.41, 5.74) is 0. The molecule has 1 N–H and O–H groups in total. The fraction of sp³-hybridized carbons (Fsp3) is 0.111. The number of nitrogens with one attached hydrogen (secondary N) is 1. The summed E-state index contributed by atoms with van der Waals surface area (Å²) >= 11 is 5.56. The Labute approximate surface area is 96.2 Å². The predicted molar refractivity (Wildman–Crippen MR) is 57.9 cm³/mol. The minimum Gasteiger partial charge on any atom is -0.308 e. The molecule has 2 aromatic heterocycles. The largest absolute Gasteiger partial charge is 0.308 e. The molecule has 6 nitrogen and oxygen atoms in total. The molecule has 0 aliphatic carbocycles. The molecular weight excluding hydrogens is 230 g/mol. The molecule has 0 aliphatic rings. The third-order valence-corrected chi connectivity index (χ3v) is 1.97. The summed E-state index contributed by atoms with van der Waals surface area (Å²) in [5.74, 6) is 0.141. The zero-order valence-corrected chi connectivity index (χ0v) is 8.92. The van der Waals surface area contributed by atoms with Crippen molar-refractivity contribution in [3.05, 3.63) is 35.7 Å². The third-order valence-electron chi connectivity index (χ3n) is 1.76. The van der Waals surface area contributed by atoms with E-state index in [1.54, 1.807) is 30.6 Å². The van der Waals surface area contributed by atoms with Gasteiger partial charge in [0.2, 0.25) is 5.91 Å². The second kappa shape index (κ2) is 4.71. The third kappa shape index (κ3) is 2.77. The lowest BCUT2D eigenvalue weighted by Crippen LogP contribution is -2.19. The maximum Gasteiger partial charge on any atom is 0.247 e. The first-order valence-corrected chi connectivity index (χ1v) is 4.88. The van der Waals surface area contributed by atoms with Gasteiger partial charge in [-0.25, -0.2) is 0 Å². The normalized spacial score (nSPS) is 10.1. The van der Waals surface area contributed by atoms with Crippen LogP contribution in [0.4, 0.5) is 5.82 Å². The molecule has 0 fully saturated rings. The van der Waals surface area contributed by atoms with E-state index in [4.69, 9.17) is 11.6 Å². The Hall–Kier alpha value is -1.95. The van der Waals surface area contributed by atoms with Gasteiger partial charge < -0.3 is 5.32 Å². The standard InChI is InChI=1S/C9H8ClN5O/c10-7-2-3-8(14-13-7)12-9(16)6-15-5-1-4-11-15/h1-5H,6H2,(H,12,14,16). The minimum atomic E-state index is -0.222. The monoisotopic (exact) mass is 237 g/mol. The van der Waals surface area contributed by atoms with Crippen LogP contribution in [0.2, 0.25) is 5.15 Å². The zero-order chi connectivity index (χ0) is 11.4. The Morgan fingerprint density at radius 3 is 2.94 bits per heavy atom. The van der Waals surface area contributed by atoms with Crippen LogP contribution in [0.25, 0.3) is 0 Å². The van der Waals surface area contributed by atoms with Crippen LogP contribution in [0, 0.1) is 0 Å². The first-order chi connectivity index (χ1) is 7.74. The fourth-order valence-electron chi connectivity index (χ4n) is 1.11. The van der Waals surface area contributed by atoms with E-state index in [0.717, 1.165) is 0 Å². The summed E-state index contributed by atoms with van der Waals surface area (Å²) in [6, 6.07) is 4.88. The van der Waals surface area contributed by atoms with Crippen molar-refractivity contribution in [1.82, 2.24) is 20.0 Å². The van der Waals surface area contributed by atoms with E-state index in [0.29, 0.717) is 5.82 Å². The summed E-state index contributed by atoms with van der Waals surface area (Å²) in [6.45, 7) is 0.136. The van der Waals surface area contributed by atoms with Crippen LogP contribution in [0.1, 0.15) is 0 Å². The molecule has 0 unspecified atom stereocenters. The predicted octanol–water partition coefficient (Wildman–Crippen LogP) is 0.965. The molecule has 0 radical (unpaired) electrons. The SMILES string of the molecule is O=C(Cn1cccn1)Nc1ccc(Cl)nn1. The van der Waals surface area contributed by atoms with Crippen molar-refractivity contribution >= 4 is 23.3 Å². The Balaban J connectivity index is 1.95. The van der Waals surface area contributed by atoms with Gasteiger partial charge in [0.15, 0.2) is 11.0 Å².